The Morgan fingerprint density at radius 3 is 3.00 bits per heavy atom. The number of nitrogens with one attached hydrogen (secondary N) is 2. The van der Waals surface area contributed by atoms with Crippen LogP contribution in [0.5, 0.6) is 0 Å². The number of H-pyrrole nitrogens is 1. The number of hydrogen-bond donors (Lipinski definition) is 2. The number of para-hydroxylation sites is 1. The molecular formula is C15H13N3O4S. The van der Waals surface area contributed by atoms with Gasteiger partial charge in [0, 0.05) is 29.0 Å². The molecule has 7 nitrogen and oxygen atoms in total. The Kier molecular flexibility index (Phi) is 4.45. The molecule has 0 spiro atoms. The number of rotatable bonds is 5. The van der Waals surface area contributed by atoms with Crippen LogP contribution in [0.2, 0.25) is 0 Å². The minimum Gasteiger partial charge on any atom is -0.450 e. The van der Waals surface area contributed by atoms with Gasteiger partial charge >= 0.3 is 5.91 Å². The molecule has 2 heterocycles. The lowest BCUT2D eigenvalue weighted by molar-refractivity contribution is 0.0511. The molecule has 0 saturated carbocycles. The van der Waals surface area contributed by atoms with E-state index in [0.717, 1.165) is 5.39 Å². The van der Waals surface area contributed by atoms with Gasteiger partial charge in [-0.25, -0.2) is 10.5 Å². The highest BCUT2D eigenvalue weighted by Gasteiger charge is 2.20. The summed E-state index contributed by atoms with van der Waals surface area (Å²) in [7, 11) is 1.35. The van der Waals surface area contributed by atoms with Crippen LogP contribution in [-0.4, -0.2) is 23.0 Å². The number of fused-ring (bicyclic) bond motifs is 1. The molecule has 0 fully saturated rings. The van der Waals surface area contributed by atoms with Crippen LogP contribution in [0, 0.1) is 0 Å². The van der Waals surface area contributed by atoms with E-state index in [4.69, 9.17) is 4.42 Å². The summed E-state index contributed by atoms with van der Waals surface area (Å²) in [5.41, 5.74) is 3.35. The van der Waals surface area contributed by atoms with E-state index in [9.17, 15) is 9.59 Å². The van der Waals surface area contributed by atoms with Gasteiger partial charge in [-0.05, 0) is 6.07 Å². The SMILES string of the molecule is CONC(=O)c1oc2ccccc2c1CSc1nccc(=O)[nH]1. The molecule has 3 rings (SSSR count). The van der Waals surface area contributed by atoms with Crippen LogP contribution >= 0.6 is 11.8 Å². The van der Waals surface area contributed by atoms with E-state index < -0.39 is 5.91 Å². The van der Waals surface area contributed by atoms with Crippen molar-refractivity contribution in [2.75, 3.05) is 7.11 Å². The summed E-state index contributed by atoms with van der Waals surface area (Å²) in [5, 5.41) is 1.31. The van der Waals surface area contributed by atoms with Gasteiger partial charge in [-0.3, -0.25) is 14.4 Å². The molecule has 1 aromatic carbocycles. The topological polar surface area (TPSA) is 97.2 Å². The number of nitrogens with zero attached hydrogens (tertiary/aromatic N) is 1. The number of benzene rings is 1. The van der Waals surface area contributed by atoms with Gasteiger partial charge < -0.3 is 9.40 Å². The van der Waals surface area contributed by atoms with Gasteiger partial charge in [-0.2, -0.15) is 0 Å². The number of furan rings is 1. The third-order valence-corrected chi connectivity index (χ3v) is 4.01. The Morgan fingerprint density at radius 2 is 2.22 bits per heavy atom. The number of amides is 1. The van der Waals surface area contributed by atoms with Crippen molar-refractivity contribution in [3.05, 3.63) is 58.2 Å². The molecule has 118 valence electrons. The van der Waals surface area contributed by atoms with Crippen molar-refractivity contribution in [1.29, 1.82) is 0 Å². The number of aromatic nitrogens is 2. The van der Waals surface area contributed by atoms with E-state index in [1.54, 1.807) is 6.07 Å². The molecule has 1 amide bonds. The lowest BCUT2D eigenvalue weighted by atomic mass is 10.1. The van der Waals surface area contributed by atoms with Crippen molar-refractivity contribution >= 4 is 28.6 Å². The number of hydroxylamine groups is 1. The van der Waals surface area contributed by atoms with Crippen LogP contribution in [0.15, 0.2) is 50.9 Å². The van der Waals surface area contributed by atoms with Crippen LogP contribution in [0.4, 0.5) is 0 Å². The predicted octanol–water partition coefficient (Wildman–Crippen LogP) is 2.10. The Bertz CT molecular complexity index is 903. The summed E-state index contributed by atoms with van der Waals surface area (Å²) in [6, 6.07) is 8.70. The second kappa shape index (κ2) is 6.67. The number of hydrogen-bond acceptors (Lipinski definition) is 6. The first-order valence-electron chi connectivity index (χ1n) is 6.71. The van der Waals surface area contributed by atoms with Crippen molar-refractivity contribution in [2.45, 2.75) is 10.9 Å². The third kappa shape index (κ3) is 3.27. The fourth-order valence-electron chi connectivity index (χ4n) is 2.13. The van der Waals surface area contributed by atoms with Gasteiger partial charge in [-0.1, -0.05) is 30.0 Å². The summed E-state index contributed by atoms with van der Waals surface area (Å²) < 4.78 is 5.63. The normalized spacial score (nSPS) is 10.8. The first-order valence-corrected chi connectivity index (χ1v) is 7.69. The fraction of sp³-hybridized carbons (Fsp3) is 0.133. The molecule has 2 N–H and O–H groups in total. The number of aromatic amines is 1. The van der Waals surface area contributed by atoms with Crippen LogP contribution in [0.1, 0.15) is 16.1 Å². The zero-order valence-electron chi connectivity index (χ0n) is 12.2. The van der Waals surface area contributed by atoms with Gasteiger partial charge in [0.2, 0.25) is 0 Å². The molecule has 8 heteroatoms. The highest BCUT2D eigenvalue weighted by molar-refractivity contribution is 7.98. The molecule has 0 aliphatic rings. The highest BCUT2D eigenvalue weighted by Crippen LogP contribution is 2.30. The first kappa shape index (κ1) is 15.3. The molecule has 0 aliphatic heterocycles. The predicted molar refractivity (Wildman–Crippen MR) is 85.1 cm³/mol. The summed E-state index contributed by atoms with van der Waals surface area (Å²) in [5.74, 6) is 0.129. The van der Waals surface area contributed by atoms with Crippen molar-refractivity contribution in [2.24, 2.45) is 0 Å². The molecule has 0 aliphatic carbocycles. The minimum atomic E-state index is -0.464. The van der Waals surface area contributed by atoms with Crippen molar-refractivity contribution in [1.82, 2.24) is 15.4 Å². The quantitative estimate of drug-likeness (QED) is 0.422. The van der Waals surface area contributed by atoms with Crippen molar-refractivity contribution in [3.8, 4) is 0 Å². The van der Waals surface area contributed by atoms with Crippen LogP contribution in [0.3, 0.4) is 0 Å². The molecule has 0 saturated heterocycles. The maximum absolute atomic E-state index is 12.1. The molecular weight excluding hydrogens is 318 g/mol. The van der Waals surface area contributed by atoms with Crippen molar-refractivity contribution < 1.29 is 14.0 Å². The summed E-state index contributed by atoms with van der Waals surface area (Å²) in [4.78, 5) is 34.8. The zero-order chi connectivity index (χ0) is 16.2. The maximum atomic E-state index is 12.1. The van der Waals surface area contributed by atoms with Crippen molar-refractivity contribution in [3.63, 3.8) is 0 Å². The third-order valence-electron chi connectivity index (χ3n) is 3.10. The van der Waals surface area contributed by atoms with Crippen LogP contribution in [-0.2, 0) is 10.6 Å². The average molecular weight is 331 g/mol. The van der Waals surface area contributed by atoms with Gasteiger partial charge in [0.05, 0.1) is 7.11 Å². The molecule has 0 radical (unpaired) electrons. The van der Waals surface area contributed by atoms with Gasteiger partial charge in [0.1, 0.15) is 5.58 Å². The van der Waals surface area contributed by atoms with Gasteiger partial charge in [0.25, 0.3) is 5.56 Å². The van der Waals surface area contributed by atoms with E-state index in [2.05, 4.69) is 20.3 Å². The zero-order valence-corrected chi connectivity index (χ0v) is 13.0. The average Bonchev–Trinajstić information content (AvgIpc) is 2.92. The molecule has 0 bridgehead atoms. The lowest BCUT2D eigenvalue weighted by Gasteiger charge is -2.03. The smallest absolute Gasteiger partial charge is 0.310 e. The number of thioether (sulfide) groups is 1. The van der Waals surface area contributed by atoms with E-state index in [0.29, 0.717) is 22.1 Å². The second-order valence-corrected chi connectivity index (χ2v) is 5.53. The second-order valence-electron chi connectivity index (χ2n) is 4.57. The molecule has 0 unspecified atom stereocenters. The van der Waals surface area contributed by atoms with Gasteiger partial charge in [0.15, 0.2) is 10.9 Å². The molecule has 3 aromatic rings. The summed E-state index contributed by atoms with van der Waals surface area (Å²) in [6.45, 7) is 0. The summed E-state index contributed by atoms with van der Waals surface area (Å²) in [6.07, 6.45) is 1.44. The maximum Gasteiger partial charge on any atom is 0.310 e. The first-order chi connectivity index (χ1) is 11.2. The molecule has 0 atom stereocenters. The fourth-order valence-corrected chi connectivity index (χ4v) is 3.01. The monoisotopic (exact) mass is 331 g/mol. The van der Waals surface area contributed by atoms with E-state index in [-0.39, 0.29) is 11.3 Å². The standard InChI is InChI=1S/C15H13N3O4S/c1-21-18-14(20)13-10(9-4-2-3-5-11(9)22-13)8-23-15-16-7-6-12(19)17-15/h2-7H,8H2,1H3,(H,18,20)(H,16,17,19). The van der Waals surface area contributed by atoms with Crippen LogP contribution < -0.4 is 11.0 Å². The summed E-state index contributed by atoms with van der Waals surface area (Å²) >= 11 is 1.31. The van der Waals surface area contributed by atoms with Gasteiger partial charge in [-0.15, -0.1) is 0 Å². The Labute approximate surface area is 135 Å². The van der Waals surface area contributed by atoms with Crippen LogP contribution in [0.25, 0.3) is 11.0 Å². The van der Waals surface area contributed by atoms with E-state index in [1.165, 1.54) is 31.1 Å². The Hall–Kier alpha value is -2.58. The molecule has 2 aromatic heterocycles. The Morgan fingerprint density at radius 1 is 1.39 bits per heavy atom. The lowest BCUT2D eigenvalue weighted by Crippen LogP contribution is -2.22. The largest absolute Gasteiger partial charge is 0.450 e. The Balaban J connectivity index is 1.95. The molecule has 23 heavy (non-hydrogen) atoms. The number of carbonyl (C=O) groups is 1. The minimum absolute atomic E-state index is 0.179. The van der Waals surface area contributed by atoms with E-state index >= 15 is 0 Å². The number of carbonyl (C=O) groups excluding carboxylic acids is 1. The van der Waals surface area contributed by atoms with E-state index in [1.807, 2.05) is 18.2 Å². The highest BCUT2D eigenvalue weighted by atomic mass is 32.2.